The van der Waals surface area contributed by atoms with Gasteiger partial charge in [0.25, 0.3) is 10.9 Å². The number of likely N-dealkylation sites (N-methyl/N-ethyl adjacent to an activating group) is 2. The third-order valence-corrected chi connectivity index (χ3v) is 17.5. The van der Waals surface area contributed by atoms with Crippen molar-refractivity contribution in [1.82, 2.24) is 56.7 Å². The summed E-state index contributed by atoms with van der Waals surface area (Å²) in [5.41, 5.74) is 3.30. The Morgan fingerprint density at radius 2 is 1.41 bits per heavy atom. The Bertz CT molecular complexity index is 3090. The first-order chi connectivity index (χ1) is 41.8. The van der Waals surface area contributed by atoms with Crippen molar-refractivity contribution in [1.29, 1.82) is 0 Å². The lowest BCUT2D eigenvalue weighted by Gasteiger charge is -2.36. The number of ether oxygens (including phenoxy) is 3. The van der Waals surface area contributed by atoms with Gasteiger partial charge in [-0.2, -0.15) is 0 Å². The van der Waals surface area contributed by atoms with Crippen LogP contribution in [0.2, 0.25) is 0 Å². The fourth-order valence-corrected chi connectivity index (χ4v) is 12.4. The van der Waals surface area contributed by atoms with E-state index in [1.165, 1.54) is 0 Å². The number of benzene rings is 2. The molecule has 8 N–H and O–H groups in total. The molecular weight excluding hydrogens is 1100 g/mol. The summed E-state index contributed by atoms with van der Waals surface area (Å²) in [5, 5.41) is 33.0. The van der Waals surface area contributed by atoms with E-state index in [1.807, 2.05) is 54.6 Å². The number of anilines is 2. The molecule has 0 unspecified atom stereocenters. The van der Waals surface area contributed by atoms with Crippen LogP contribution in [0.5, 0.6) is 0 Å². The number of carbonyl (C=O) groups excluding carboxylic acids is 6. The zero-order valence-electron chi connectivity index (χ0n) is 49.9. The standard InChI is InChI=1S/C62H85N13O11/c1-38(63-3)57(78)67-45-23-14-12-21-43-25-26-48(75(43)61(45)82)60(81)68-50(40-16-7-5-8-17-40)46-37-73(72-71-46)30-33-84-31-27-65-53-54(56(77)55(53)76)66-28-32-85-34-35-86-49-36-42-20-11-13-22-44(42)52(49)70-59(80)47-24-15-29-74(47)62(83)51(41-18-9-6-10-19-41)69-58(79)39(2)64-4/h5,7-8,11,13,16-18,20,22,37-39,43,45,47-52,63-66H,6,9-10,12,14-15,19,21,23-36H2,1-4H3,(H,67,78)(H,68,81)(H,69,79)(H,70,80)/t38-,39-,43-,45-,47-,48-,49+,50-,51-,52-/m0/s1. The molecular formula is C62H85N13O11. The lowest BCUT2D eigenvalue weighted by atomic mass is 9.92. The molecule has 0 bridgehead atoms. The summed E-state index contributed by atoms with van der Waals surface area (Å²) < 4.78 is 19.7. The molecule has 24 heteroatoms. The van der Waals surface area contributed by atoms with Crippen LogP contribution in [0.3, 0.4) is 0 Å². The highest BCUT2D eigenvalue weighted by atomic mass is 16.5. The number of hydrogen-bond acceptors (Lipinski definition) is 17. The minimum Gasteiger partial charge on any atom is -0.378 e. The van der Waals surface area contributed by atoms with Gasteiger partial charge in [0.15, 0.2) is 0 Å². The van der Waals surface area contributed by atoms with Crippen LogP contribution in [-0.2, 0) is 55.9 Å². The van der Waals surface area contributed by atoms with E-state index in [9.17, 15) is 38.4 Å². The molecule has 1 aromatic heterocycles. The van der Waals surface area contributed by atoms with E-state index >= 15 is 0 Å². The molecule has 2 aliphatic carbocycles. The van der Waals surface area contributed by atoms with Crippen LogP contribution in [-0.4, -0.2) is 175 Å². The number of fused-ring (bicyclic) bond motifs is 2. The van der Waals surface area contributed by atoms with Crippen molar-refractivity contribution in [2.75, 3.05) is 77.4 Å². The highest BCUT2D eigenvalue weighted by Crippen LogP contribution is 2.36. The van der Waals surface area contributed by atoms with Crippen molar-refractivity contribution in [3.63, 3.8) is 0 Å². The van der Waals surface area contributed by atoms with Crippen LogP contribution < -0.4 is 53.4 Å². The summed E-state index contributed by atoms with van der Waals surface area (Å²) in [6.07, 6.45) is 12.9. The van der Waals surface area contributed by atoms with Crippen molar-refractivity contribution < 1.29 is 43.0 Å². The number of hydrogen-bond donors (Lipinski definition) is 8. The van der Waals surface area contributed by atoms with Gasteiger partial charge in [-0.15, -0.1) is 5.10 Å². The van der Waals surface area contributed by atoms with Gasteiger partial charge in [0, 0.05) is 32.1 Å². The van der Waals surface area contributed by atoms with Gasteiger partial charge in [0.05, 0.1) is 76.0 Å². The maximum absolute atomic E-state index is 14.3. The minimum atomic E-state index is -0.832. The van der Waals surface area contributed by atoms with Gasteiger partial charge in [-0.3, -0.25) is 38.4 Å². The molecule has 4 heterocycles. The molecule has 3 fully saturated rings. The average Bonchev–Trinajstić information content (AvgIpc) is 3.76. The number of nitrogens with zero attached hydrogens (tertiary/aromatic N) is 5. The second-order valence-electron chi connectivity index (χ2n) is 23.1. The summed E-state index contributed by atoms with van der Waals surface area (Å²) in [7, 11) is 3.39. The predicted octanol–water partition coefficient (Wildman–Crippen LogP) is 2.05. The van der Waals surface area contributed by atoms with E-state index in [2.05, 4.69) is 58.9 Å². The normalized spacial score (nSPS) is 22.6. The first-order valence-corrected chi connectivity index (χ1v) is 30.7. The van der Waals surface area contributed by atoms with Crippen molar-refractivity contribution in [2.45, 2.75) is 164 Å². The lowest BCUT2D eigenvalue weighted by molar-refractivity contribution is -0.144. The topological polar surface area (TPSA) is 298 Å². The molecule has 0 saturated carbocycles. The molecule has 24 nitrogen and oxygen atoms in total. The van der Waals surface area contributed by atoms with E-state index in [0.717, 1.165) is 60.8 Å². The number of rotatable bonds is 29. The maximum Gasteiger partial charge on any atom is 0.253 e. The number of likely N-dealkylation sites (tertiary alicyclic amines) is 1. The molecule has 4 aromatic rings. The summed E-state index contributed by atoms with van der Waals surface area (Å²) >= 11 is 0. The number of allylic oxidation sites excluding steroid dienone is 1. The molecule has 5 aliphatic rings. The van der Waals surface area contributed by atoms with Crippen LogP contribution in [0.4, 0.5) is 11.4 Å². The van der Waals surface area contributed by atoms with E-state index in [4.69, 9.17) is 14.2 Å². The zero-order valence-corrected chi connectivity index (χ0v) is 49.9. The Labute approximate surface area is 501 Å². The van der Waals surface area contributed by atoms with Crippen LogP contribution in [0.25, 0.3) is 0 Å². The summed E-state index contributed by atoms with van der Waals surface area (Å²) in [6, 6.07) is 12.2. The SMILES string of the molecule is CN[C@@H](C)C(=O)N[C@H](C(=O)N1CCC[C@H]1C(=O)N[C@H]1c2ccccc2C[C@H]1OCCOCCNc1c(NCCOCCn2cc([C@@H](NC(=O)[C@@H]3CC[C@@H]4CCCC[C@H](NC(=O)[C@H](C)NC)C(=O)N43)c3ccccc3)nn2)c(=O)c1=O)C1=CCCCC1. The van der Waals surface area contributed by atoms with E-state index in [0.29, 0.717) is 63.7 Å². The average molecular weight is 1190 g/mol. The van der Waals surface area contributed by atoms with Gasteiger partial charge in [-0.25, -0.2) is 4.68 Å². The van der Waals surface area contributed by atoms with Gasteiger partial charge in [-0.1, -0.05) is 78.7 Å². The third kappa shape index (κ3) is 15.2. The van der Waals surface area contributed by atoms with Crippen molar-refractivity contribution in [2.24, 2.45) is 0 Å². The monoisotopic (exact) mass is 1190 g/mol. The molecule has 86 heavy (non-hydrogen) atoms. The van der Waals surface area contributed by atoms with Crippen LogP contribution >= 0.6 is 0 Å². The minimum absolute atomic E-state index is 0.0939. The second-order valence-corrected chi connectivity index (χ2v) is 23.1. The second kappa shape index (κ2) is 30.3. The predicted molar refractivity (Wildman–Crippen MR) is 322 cm³/mol. The Hall–Kier alpha value is -7.38. The van der Waals surface area contributed by atoms with Crippen molar-refractivity contribution in [3.8, 4) is 0 Å². The van der Waals surface area contributed by atoms with Gasteiger partial charge in [-0.05, 0) is 114 Å². The number of carbonyl (C=O) groups is 6. The Kier molecular flexibility index (Phi) is 22.2. The Morgan fingerprint density at radius 3 is 2.14 bits per heavy atom. The fourth-order valence-electron chi connectivity index (χ4n) is 12.4. The van der Waals surface area contributed by atoms with Crippen LogP contribution in [0.15, 0.2) is 82.0 Å². The molecule has 3 aliphatic heterocycles. The molecule has 3 aromatic carbocycles. The van der Waals surface area contributed by atoms with Gasteiger partial charge < -0.3 is 66.5 Å². The van der Waals surface area contributed by atoms with Gasteiger partial charge in [0.1, 0.15) is 41.2 Å². The molecule has 9 rings (SSSR count). The molecule has 3 saturated heterocycles. The van der Waals surface area contributed by atoms with Crippen LogP contribution in [0, 0.1) is 0 Å². The van der Waals surface area contributed by atoms with Crippen molar-refractivity contribution >= 4 is 46.8 Å². The van der Waals surface area contributed by atoms with Gasteiger partial charge >= 0.3 is 0 Å². The van der Waals surface area contributed by atoms with Gasteiger partial charge in [0.2, 0.25) is 35.4 Å². The first kappa shape index (κ1) is 63.1. The summed E-state index contributed by atoms with van der Waals surface area (Å²) in [6.45, 7) is 5.87. The van der Waals surface area contributed by atoms with Crippen molar-refractivity contribution in [3.05, 3.63) is 115 Å². The lowest BCUT2D eigenvalue weighted by Crippen LogP contribution is -2.58. The highest BCUT2D eigenvalue weighted by Gasteiger charge is 2.46. The first-order valence-electron chi connectivity index (χ1n) is 30.7. The quantitative estimate of drug-likeness (QED) is 0.0219. The maximum atomic E-state index is 14.3. The molecule has 6 amide bonds. The smallest absolute Gasteiger partial charge is 0.253 e. The largest absolute Gasteiger partial charge is 0.378 e. The highest BCUT2D eigenvalue weighted by molar-refractivity contribution is 5.96. The van der Waals surface area contributed by atoms with E-state index in [1.54, 1.807) is 48.6 Å². The third-order valence-electron chi connectivity index (χ3n) is 17.5. The molecule has 0 radical (unpaired) electrons. The fraction of sp³-hybridized carbons (Fsp3) is 0.581. The van der Waals surface area contributed by atoms with E-state index in [-0.39, 0.29) is 105 Å². The number of aromatic nitrogens is 3. The summed E-state index contributed by atoms with van der Waals surface area (Å²) in [5.74, 6) is -1.61. The molecule has 0 spiro atoms. The Morgan fingerprint density at radius 1 is 0.698 bits per heavy atom. The number of nitrogens with one attached hydrogen (secondary N) is 8. The molecule has 10 atom stereocenters. The number of amides is 6. The zero-order chi connectivity index (χ0) is 60.7. The van der Waals surface area contributed by atoms with Crippen LogP contribution in [0.1, 0.15) is 125 Å². The summed E-state index contributed by atoms with van der Waals surface area (Å²) in [4.78, 5) is 111. The Balaban J connectivity index is 0.697. The van der Waals surface area contributed by atoms with E-state index < -0.39 is 59.2 Å². The molecule has 464 valence electrons.